The van der Waals surface area contributed by atoms with E-state index in [1.54, 1.807) is 0 Å². The Morgan fingerprint density at radius 3 is 2.13 bits per heavy atom. The van der Waals surface area contributed by atoms with Crippen molar-refractivity contribution >= 4 is 17.6 Å². The van der Waals surface area contributed by atoms with E-state index >= 15 is 0 Å². The van der Waals surface area contributed by atoms with Gasteiger partial charge in [0.2, 0.25) is 0 Å². The molecule has 0 saturated heterocycles. The average Bonchev–Trinajstić information content (AvgIpc) is 2.95. The van der Waals surface area contributed by atoms with E-state index in [9.17, 15) is 13.2 Å². The van der Waals surface area contributed by atoms with Gasteiger partial charge < -0.3 is 4.90 Å². The van der Waals surface area contributed by atoms with Crippen LogP contribution >= 0.6 is 0 Å². The number of anilines is 1. The molecule has 0 spiro atoms. The molecule has 23 heavy (non-hydrogen) atoms. The molecule has 120 valence electrons. The fourth-order valence-electron chi connectivity index (χ4n) is 2.66. The molecule has 0 bridgehead atoms. The summed E-state index contributed by atoms with van der Waals surface area (Å²) in [5, 5.41) is 0. The summed E-state index contributed by atoms with van der Waals surface area (Å²) in [6.07, 6.45) is -3.72. The second-order valence-electron chi connectivity index (χ2n) is 5.61. The van der Waals surface area contributed by atoms with Gasteiger partial charge in [0.05, 0.1) is 5.69 Å². The Hall–Kier alpha value is -2.30. The van der Waals surface area contributed by atoms with E-state index < -0.39 is 12.6 Å². The highest BCUT2D eigenvalue weighted by atomic mass is 19.4. The number of fused-ring (bicyclic) bond motifs is 1. The lowest BCUT2D eigenvalue weighted by atomic mass is 10.1. The Bertz CT molecular complexity index is 665. The number of aliphatic imine (C=N–C) groups is 1. The molecule has 0 fully saturated rings. The van der Waals surface area contributed by atoms with Crippen LogP contribution in [0.2, 0.25) is 0 Å². The Balaban J connectivity index is 1.59. The van der Waals surface area contributed by atoms with Crippen molar-refractivity contribution in [1.29, 1.82) is 0 Å². The molecule has 0 amide bonds. The molecule has 0 atom stereocenters. The fraction of sp³-hybridized carbons (Fsp3) is 0.278. The minimum atomic E-state index is -4.12. The molecule has 0 aliphatic carbocycles. The third kappa shape index (κ3) is 4.12. The third-order valence-electron chi connectivity index (χ3n) is 3.85. The summed E-state index contributed by atoms with van der Waals surface area (Å²) in [6.45, 7) is 1.76. The molecular weight excluding hydrogens is 301 g/mol. The average molecular weight is 318 g/mol. The van der Waals surface area contributed by atoms with Crippen LogP contribution < -0.4 is 4.90 Å². The number of hydrogen-bond donors (Lipinski definition) is 0. The standard InChI is InChI=1S/C18H17F3N2/c19-18(20,21)10-3-11-22-16-6-8-17(9-7-16)23-12-14-4-1-2-5-15(14)13-23/h1-2,4-9,11H,3,10,12-13H2. The summed E-state index contributed by atoms with van der Waals surface area (Å²) in [7, 11) is 0. The molecule has 3 rings (SSSR count). The lowest BCUT2D eigenvalue weighted by Gasteiger charge is -2.17. The summed E-state index contributed by atoms with van der Waals surface area (Å²) in [6, 6.07) is 15.9. The van der Waals surface area contributed by atoms with E-state index in [2.05, 4.69) is 22.0 Å². The van der Waals surface area contributed by atoms with Gasteiger partial charge in [-0.25, -0.2) is 0 Å². The zero-order valence-corrected chi connectivity index (χ0v) is 12.6. The van der Waals surface area contributed by atoms with Crippen LogP contribution in [0, 0.1) is 0 Å². The highest BCUT2D eigenvalue weighted by molar-refractivity contribution is 5.64. The first-order valence-electron chi connectivity index (χ1n) is 7.52. The van der Waals surface area contributed by atoms with Gasteiger partial charge in [0.1, 0.15) is 0 Å². The lowest BCUT2D eigenvalue weighted by molar-refractivity contribution is -0.132. The Morgan fingerprint density at radius 1 is 0.957 bits per heavy atom. The molecule has 1 heterocycles. The summed E-state index contributed by atoms with van der Waals surface area (Å²) >= 11 is 0. The van der Waals surface area contributed by atoms with Gasteiger partial charge in [-0.1, -0.05) is 24.3 Å². The first kappa shape index (κ1) is 15.6. The highest BCUT2D eigenvalue weighted by Crippen LogP contribution is 2.29. The van der Waals surface area contributed by atoms with Crippen LogP contribution in [-0.4, -0.2) is 12.4 Å². The molecule has 0 N–H and O–H groups in total. The number of nitrogens with zero attached hydrogens (tertiary/aromatic N) is 2. The van der Waals surface area contributed by atoms with Crippen molar-refractivity contribution in [2.75, 3.05) is 4.90 Å². The van der Waals surface area contributed by atoms with Crippen molar-refractivity contribution in [1.82, 2.24) is 0 Å². The summed E-state index contributed by atoms with van der Waals surface area (Å²) in [4.78, 5) is 6.34. The van der Waals surface area contributed by atoms with Gasteiger partial charge in [-0.05, 0) is 41.8 Å². The molecule has 2 nitrogen and oxygen atoms in total. The second kappa shape index (κ2) is 6.44. The number of halogens is 3. The van der Waals surface area contributed by atoms with Crippen molar-refractivity contribution in [2.45, 2.75) is 32.1 Å². The SMILES string of the molecule is FC(F)(F)CCC=Nc1ccc(N2Cc3ccccc3C2)cc1. The molecule has 2 aromatic carbocycles. The molecule has 5 heteroatoms. The molecule has 0 saturated carbocycles. The Morgan fingerprint density at radius 2 is 1.57 bits per heavy atom. The van der Waals surface area contributed by atoms with Crippen LogP contribution in [0.15, 0.2) is 53.5 Å². The highest BCUT2D eigenvalue weighted by Gasteiger charge is 2.25. The second-order valence-corrected chi connectivity index (χ2v) is 5.61. The quantitative estimate of drug-likeness (QED) is 0.703. The van der Waals surface area contributed by atoms with Crippen molar-refractivity contribution in [3.05, 3.63) is 59.7 Å². The molecule has 0 unspecified atom stereocenters. The van der Waals surface area contributed by atoms with E-state index in [-0.39, 0.29) is 6.42 Å². The van der Waals surface area contributed by atoms with Gasteiger partial charge in [-0.3, -0.25) is 4.99 Å². The smallest absolute Gasteiger partial charge is 0.363 e. The molecule has 0 aromatic heterocycles. The molecule has 1 aliphatic rings. The molecule has 2 aromatic rings. The fourth-order valence-corrected chi connectivity index (χ4v) is 2.66. The van der Waals surface area contributed by atoms with E-state index in [4.69, 9.17) is 0 Å². The van der Waals surface area contributed by atoms with E-state index in [1.807, 2.05) is 36.4 Å². The van der Waals surface area contributed by atoms with Gasteiger partial charge in [0, 0.05) is 31.4 Å². The van der Waals surface area contributed by atoms with Crippen LogP contribution in [0.1, 0.15) is 24.0 Å². The van der Waals surface area contributed by atoms with Crippen LogP contribution in [0.3, 0.4) is 0 Å². The van der Waals surface area contributed by atoms with E-state index in [0.29, 0.717) is 5.69 Å². The lowest BCUT2D eigenvalue weighted by Crippen LogP contribution is -2.13. The topological polar surface area (TPSA) is 15.6 Å². The first-order valence-corrected chi connectivity index (χ1v) is 7.52. The Labute approximate surface area is 133 Å². The van der Waals surface area contributed by atoms with E-state index in [1.165, 1.54) is 17.3 Å². The maximum Gasteiger partial charge on any atom is 0.389 e. The normalized spacial score (nSPS) is 14.5. The first-order chi connectivity index (χ1) is 11.0. The predicted molar refractivity (Wildman–Crippen MR) is 86.2 cm³/mol. The minimum absolute atomic E-state index is 0.0906. The zero-order chi connectivity index (χ0) is 16.3. The number of rotatable bonds is 4. The maximum atomic E-state index is 12.1. The Kier molecular flexibility index (Phi) is 4.37. The number of hydrogen-bond acceptors (Lipinski definition) is 2. The zero-order valence-electron chi connectivity index (χ0n) is 12.6. The van der Waals surface area contributed by atoms with Crippen LogP contribution in [0.5, 0.6) is 0 Å². The summed E-state index contributed by atoms with van der Waals surface area (Å²) in [5.74, 6) is 0. The summed E-state index contributed by atoms with van der Waals surface area (Å²) in [5.41, 5.74) is 4.44. The third-order valence-corrected chi connectivity index (χ3v) is 3.85. The predicted octanol–water partition coefficient (Wildman–Crippen LogP) is 5.25. The molecular formula is C18H17F3N2. The van der Waals surface area contributed by atoms with Gasteiger partial charge in [-0.2, -0.15) is 13.2 Å². The van der Waals surface area contributed by atoms with E-state index in [0.717, 1.165) is 18.8 Å². The number of benzene rings is 2. The van der Waals surface area contributed by atoms with Gasteiger partial charge in [-0.15, -0.1) is 0 Å². The largest absolute Gasteiger partial charge is 0.389 e. The van der Waals surface area contributed by atoms with Gasteiger partial charge in [0.25, 0.3) is 0 Å². The van der Waals surface area contributed by atoms with Crippen molar-refractivity contribution in [3.8, 4) is 0 Å². The van der Waals surface area contributed by atoms with Crippen LogP contribution in [0.25, 0.3) is 0 Å². The molecule has 0 radical (unpaired) electrons. The summed E-state index contributed by atoms with van der Waals surface area (Å²) < 4.78 is 36.2. The van der Waals surface area contributed by atoms with Crippen molar-refractivity contribution in [2.24, 2.45) is 4.99 Å². The van der Waals surface area contributed by atoms with Crippen LogP contribution in [0.4, 0.5) is 24.5 Å². The van der Waals surface area contributed by atoms with Crippen molar-refractivity contribution in [3.63, 3.8) is 0 Å². The minimum Gasteiger partial charge on any atom is -0.363 e. The van der Waals surface area contributed by atoms with Gasteiger partial charge >= 0.3 is 6.18 Å². The maximum absolute atomic E-state index is 12.1. The van der Waals surface area contributed by atoms with Crippen molar-refractivity contribution < 1.29 is 13.2 Å². The monoisotopic (exact) mass is 318 g/mol. The van der Waals surface area contributed by atoms with Crippen LogP contribution in [-0.2, 0) is 13.1 Å². The molecule has 1 aliphatic heterocycles. The number of alkyl halides is 3. The van der Waals surface area contributed by atoms with Gasteiger partial charge in [0.15, 0.2) is 0 Å².